The number of pyridine rings is 1. The number of nitrogens with one attached hydrogen (secondary N) is 1. The second-order valence-electron chi connectivity index (χ2n) is 7.67. The number of nitrogens with zero attached hydrogens (tertiary/aromatic N) is 3. The van der Waals surface area contributed by atoms with E-state index in [0.717, 1.165) is 27.8 Å². The molecule has 0 saturated heterocycles. The van der Waals surface area contributed by atoms with Gasteiger partial charge < -0.3 is 5.32 Å². The van der Waals surface area contributed by atoms with Crippen molar-refractivity contribution in [3.8, 4) is 0 Å². The summed E-state index contributed by atoms with van der Waals surface area (Å²) in [5.74, 6) is 0.444. The highest BCUT2D eigenvalue weighted by Crippen LogP contribution is 2.30. The molecule has 32 heavy (non-hydrogen) atoms. The van der Waals surface area contributed by atoms with Gasteiger partial charge in [-0.1, -0.05) is 72.8 Å². The molecule has 0 spiro atoms. The number of aryl methyl sites for hydroxylation is 1. The summed E-state index contributed by atoms with van der Waals surface area (Å²) in [6.07, 6.45) is 1.75. The first-order valence-electron chi connectivity index (χ1n) is 10.5. The number of rotatable bonds is 5. The van der Waals surface area contributed by atoms with Crippen molar-refractivity contribution in [2.24, 2.45) is 0 Å². The lowest BCUT2D eigenvalue weighted by molar-refractivity contribution is 0.665. The van der Waals surface area contributed by atoms with Crippen LogP contribution in [0.1, 0.15) is 22.7 Å². The molecule has 0 aliphatic rings. The minimum atomic E-state index is -0.312. The van der Waals surface area contributed by atoms with Crippen molar-refractivity contribution in [1.29, 1.82) is 0 Å². The Hall–Kier alpha value is -4.25. The van der Waals surface area contributed by atoms with Crippen molar-refractivity contribution in [1.82, 2.24) is 14.5 Å². The van der Waals surface area contributed by atoms with Gasteiger partial charge in [0.2, 0.25) is 5.95 Å². The highest BCUT2D eigenvalue weighted by atomic mass is 16.1. The van der Waals surface area contributed by atoms with Crippen LogP contribution in [0.15, 0.2) is 108 Å². The van der Waals surface area contributed by atoms with E-state index in [4.69, 9.17) is 4.98 Å². The number of aromatic nitrogens is 3. The van der Waals surface area contributed by atoms with Crippen LogP contribution in [0.2, 0.25) is 0 Å². The molecule has 0 bridgehead atoms. The SMILES string of the molecule is Cc1ccccc1C(c1ccccc1)n1c(=O)ccc2cnc(Nc3ccccc3)nc21. The fourth-order valence-corrected chi connectivity index (χ4v) is 4.00. The fraction of sp³-hybridized carbons (Fsp3) is 0.0741. The average Bonchev–Trinajstić information content (AvgIpc) is 2.83. The Morgan fingerprint density at radius 2 is 1.50 bits per heavy atom. The number of anilines is 2. The average molecular weight is 419 g/mol. The van der Waals surface area contributed by atoms with Crippen LogP contribution >= 0.6 is 0 Å². The molecule has 1 atom stereocenters. The zero-order valence-corrected chi connectivity index (χ0v) is 17.6. The number of fused-ring (bicyclic) bond motifs is 1. The summed E-state index contributed by atoms with van der Waals surface area (Å²) in [6, 6.07) is 31.0. The molecule has 1 unspecified atom stereocenters. The molecule has 0 aliphatic carbocycles. The van der Waals surface area contributed by atoms with Crippen LogP contribution < -0.4 is 10.9 Å². The molecule has 1 N–H and O–H groups in total. The highest BCUT2D eigenvalue weighted by molar-refractivity contribution is 5.76. The van der Waals surface area contributed by atoms with Gasteiger partial charge in [-0.3, -0.25) is 9.36 Å². The molecule has 0 aliphatic heterocycles. The molecular formula is C27H22N4O. The molecule has 5 nitrogen and oxygen atoms in total. The van der Waals surface area contributed by atoms with Crippen LogP contribution in [0, 0.1) is 6.92 Å². The maximum atomic E-state index is 13.3. The Labute approximate surface area is 186 Å². The van der Waals surface area contributed by atoms with E-state index >= 15 is 0 Å². The van der Waals surface area contributed by atoms with Gasteiger partial charge in [-0.15, -0.1) is 0 Å². The summed E-state index contributed by atoms with van der Waals surface area (Å²) in [7, 11) is 0. The monoisotopic (exact) mass is 418 g/mol. The first-order chi connectivity index (χ1) is 15.7. The summed E-state index contributed by atoms with van der Waals surface area (Å²) < 4.78 is 1.77. The van der Waals surface area contributed by atoms with E-state index in [1.165, 1.54) is 0 Å². The van der Waals surface area contributed by atoms with Crippen molar-refractivity contribution < 1.29 is 0 Å². The van der Waals surface area contributed by atoms with E-state index in [9.17, 15) is 4.79 Å². The van der Waals surface area contributed by atoms with Crippen LogP contribution in [0.5, 0.6) is 0 Å². The molecule has 156 valence electrons. The highest BCUT2D eigenvalue weighted by Gasteiger charge is 2.22. The maximum Gasteiger partial charge on any atom is 0.253 e. The fourth-order valence-electron chi connectivity index (χ4n) is 4.00. The van der Waals surface area contributed by atoms with Crippen molar-refractivity contribution in [2.75, 3.05) is 5.32 Å². The summed E-state index contributed by atoms with van der Waals surface area (Å²) in [4.78, 5) is 22.5. The van der Waals surface area contributed by atoms with E-state index in [2.05, 4.69) is 29.4 Å². The van der Waals surface area contributed by atoms with Crippen LogP contribution in [-0.2, 0) is 0 Å². The van der Waals surface area contributed by atoms with Crippen molar-refractivity contribution in [3.05, 3.63) is 130 Å². The topological polar surface area (TPSA) is 59.8 Å². The standard InChI is InChI=1S/C27H22N4O/c1-19-10-8-9-15-23(19)25(20-11-4-2-5-12-20)31-24(32)17-16-21-18-28-27(30-26(21)31)29-22-13-6-3-7-14-22/h2-18,25H,1H3,(H,28,29,30). The molecule has 0 fully saturated rings. The minimum absolute atomic E-state index is 0.112. The first-order valence-corrected chi connectivity index (χ1v) is 10.5. The molecule has 5 rings (SSSR count). The van der Waals surface area contributed by atoms with Crippen molar-refractivity contribution in [2.45, 2.75) is 13.0 Å². The van der Waals surface area contributed by atoms with E-state index < -0.39 is 0 Å². The number of para-hydroxylation sites is 1. The lowest BCUT2D eigenvalue weighted by Gasteiger charge is -2.24. The third kappa shape index (κ3) is 3.76. The molecule has 0 amide bonds. The zero-order chi connectivity index (χ0) is 21.9. The van der Waals surface area contributed by atoms with Gasteiger partial charge in [-0.2, -0.15) is 4.98 Å². The van der Waals surface area contributed by atoms with Gasteiger partial charge in [-0.05, 0) is 41.8 Å². The Balaban J connectivity index is 1.74. The lowest BCUT2D eigenvalue weighted by atomic mass is 9.94. The molecule has 0 saturated carbocycles. The summed E-state index contributed by atoms with van der Waals surface area (Å²) in [5, 5.41) is 4.04. The van der Waals surface area contributed by atoms with Crippen molar-refractivity contribution in [3.63, 3.8) is 0 Å². The molecule has 5 aromatic rings. The largest absolute Gasteiger partial charge is 0.324 e. The van der Waals surface area contributed by atoms with Gasteiger partial charge in [0.1, 0.15) is 5.65 Å². The van der Waals surface area contributed by atoms with E-state index in [1.807, 2.05) is 72.8 Å². The van der Waals surface area contributed by atoms with Crippen LogP contribution in [0.3, 0.4) is 0 Å². The van der Waals surface area contributed by atoms with Gasteiger partial charge in [0.15, 0.2) is 0 Å². The van der Waals surface area contributed by atoms with Crippen molar-refractivity contribution >= 4 is 22.7 Å². The lowest BCUT2D eigenvalue weighted by Crippen LogP contribution is -2.27. The third-order valence-corrected chi connectivity index (χ3v) is 5.55. The van der Waals surface area contributed by atoms with Gasteiger partial charge in [0, 0.05) is 23.3 Å². The number of benzene rings is 3. The predicted octanol–water partition coefficient (Wildman–Crippen LogP) is 5.48. The Bertz CT molecular complexity index is 1430. The van der Waals surface area contributed by atoms with Gasteiger partial charge >= 0.3 is 0 Å². The maximum absolute atomic E-state index is 13.3. The van der Waals surface area contributed by atoms with Gasteiger partial charge in [0.25, 0.3) is 5.56 Å². The Kier molecular flexibility index (Phi) is 5.22. The van der Waals surface area contributed by atoms with Crippen LogP contribution in [0.25, 0.3) is 11.0 Å². The number of hydrogen-bond donors (Lipinski definition) is 1. The molecular weight excluding hydrogens is 396 g/mol. The Morgan fingerprint density at radius 1 is 0.812 bits per heavy atom. The molecule has 0 radical (unpaired) electrons. The second kappa shape index (κ2) is 8.47. The van der Waals surface area contributed by atoms with Gasteiger partial charge in [-0.25, -0.2) is 4.98 Å². The summed E-state index contributed by atoms with van der Waals surface area (Å²) in [6.45, 7) is 2.07. The van der Waals surface area contributed by atoms with E-state index in [0.29, 0.717) is 11.6 Å². The minimum Gasteiger partial charge on any atom is -0.324 e. The van der Waals surface area contributed by atoms with Gasteiger partial charge in [0.05, 0.1) is 6.04 Å². The summed E-state index contributed by atoms with van der Waals surface area (Å²) >= 11 is 0. The zero-order valence-electron chi connectivity index (χ0n) is 17.6. The normalized spacial score (nSPS) is 11.9. The quantitative estimate of drug-likeness (QED) is 0.410. The Morgan fingerprint density at radius 3 is 2.25 bits per heavy atom. The second-order valence-corrected chi connectivity index (χ2v) is 7.67. The van der Waals surface area contributed by atoms with Crippen LogP contribution in [0.4, 0.5) is 11.6 Å². The summed E-state index contributed by atoms with van der Waals surface area (Å²) in [5.41, 5.74) is 4.55. The predicted molar refractivity (Wildman–Crippen MR) is 128 cm³/mol. The smallest absolute Gasteiger partial charge is 0.253 e. The third-order valence-electron chi connectivity index (χ3n) is 5.55. The number of hydrogen-bond acceptors (Lipinski definition) is 4. The van der Waals surface area contributed by atoms with E-state index in [-0.39, 0.29) is 11.6 Å². The first kappa shape index (κ1) is 19.7. The molecule has 2 heterocycles. The van der Waals surface area contributed by atoms with E-state index in [1.54, 1.807) is 22.9 Å². The molecule has 2 aromatic heterocycles. The molecule has 5 heteroatoms. The van der Waals surface area contributed by atoms with Crippen LogP contribution in [-0.4, -0.2) is 14.5 Å². The molecule has 3 aromatic carbocycles.